The monoisotopic (exact) mass is 368 g/mol. The normalized spacial score (nSPS) is 10.7. The molecule has 0 bridgehead atoms. The molecule has 1 heterocycles. The predicted octanol–water partition coefficient (Wildman–Crippen LogP) is 4.28. The number of rotatable bonds is 1. The Morgan fingerprint density at radius 1 is 1.46 bits per heavy atom. The molecular weight excluding hydrogens is 363 g/mol. The van der Waals surface area contributed by atoms with E-state index in [2.05, 4.69) is 50.7 Å². The van der Waals surface area contributed by atoms with Crippen molar-refractivity contribution in [2.24, 2.45) is 0 Å². The van der Waals surface area contributed by atoms with Crippen molar-refractivity contribution < 1.29 is 4.74 Å². The topological polar surface area (TPSA) is 9.23 Å². The highest BCUT2D eigenvalue weighted by molar-refractivity contribution is 14.1. The third-order valence-corrected chi connectivity index (χ3v) is 4.73. The summed E-state index contributed by atoms with van der Waals surface area (Å²) in [7, 11) is 1.70. The number of hydrogen-bond donors (Lipinski definition) is 0. The van der Waals surface area contributed by atoms with Gasteiger partial charge in [0.25, 0.3) is 0 Å². The second-order valence-corrected chi connectivity index (χ2v) is 5.43. The molecule has 0 radical (unpaired) electrons. The Labute approximate surface area is 102 Å². The summed E-state index contributed by atoms with van der Waals surface area (Å²) in [6.45, 7) is 0. The van der Waals surface area contributed by atoms with Gasteiger partial charge in [-0.25, -0.2) is 0 Å². The number of fused-ring (bicyclic) bond motifs is 1. The Balaban J connectivity index is 2.87. The van der Waals surface area contributed by atoms with Gasteiger partial charge in [-0.15, -0.1) is 11.3 Å². The summed E-state index contributed by atoms with van der Waals surface area (Å²) in [5, 5.41) is 3.22. The first kappa shape index (κ1) is 9.73. The minimum absolute atomic E-state index is 0.949. The zero-order valence-corrected chi connectivity index (χ0v) is 11.4. The summed E-state index contributed by atoms with van der Waals surface area (Å²) in [4.78, 5) is 0. The predicted molar refractivity (Wildman–Crippen MR) is 68.8 cm³/mol. The van der Waals surface area contributed by atoms with Gasteiger partial charge in [0.2, 0.25) is 0 Å². The fourth-order valence-corrected chi connectivity index (χ4v) is 3.64. The molecule has 1 nitrogen and oxygen atoms in total. The van der Waals surface area contributed by atoms with Crippen molar-refractivity contribution in [2.45, 2.75) is 0 Å². The van der Waals surface area contributed by atoms with E-state index in [1.807, 2.05) is 5.38 Å². The molecule has 0 saturated heterocycles. The summed E-state index contributed by atoms with van der Waals surface area (Å²) >= 11 is 7.58. The Morgan fingerprint density at radius 3 is 2.92 bits per heavy atom. The Bertz CT molecular complexity index is 452. The van der Waals surface area contributed by atoms with E-state index in [-0.39, 0.29) is 0 Å². The van der Waals surface area contributed by atoms with Gasteiger partial charge in [-0.05, 0) is 50.7 Å². The first-order valence-corrected chi connectivity index (χ1v) is 6.38. The average Bonchev–Trinajstić information content (AvgIpc) is 2.56. The molecular formula is C9H6BrIOS. The lowest BCUT2D eigenvalue weighted by Gasteiger charge is -2.00. The van der Waals surface area contributed by atoms with E-state index in [0.717, 1.165) is 10.2 Å². The Kier molecular flexibility index (Phi) is 2.80. The SMILES string of the molecule is COc1csc2c(I)ccc(Br)c12. The van der Waals surface area contributed by atoms with Crippen molar-refractivity contribution in [1.82, 2.24) is 0 Å². The van der Waals surface area contributed by atoms with Crippen molar-refractivity contribution in [1.29, 1.82) is 0 Å². The summed E-state index contributed by atoms with van der Waals surface area (Å²) in [6.07, 6.45) is 0. The number of benzene rings is 1. The molecule has 0 fully saturated rings. The lowest BCUT2D eigenvalue weighted by atomic mass is 10.2. The lowest BCUT2D eigenvalue weighted by Crippen LogP contribution is -1.81. The molecule has 13 heavy (non-hydrogen) atoms. The maximum atomic E-state index is 5.28. The number of hydrogen-bond acceptors (Lipinski definition) is 2. The second kappa shape index (κ2) is 3.74. The van der Waals surface area contributed by atoms with Crippen molar-refractivity contribution in [3.8, 4) is 5.75 Å². The van der Waals surface area contributed by atoms with E-state index in [1.54, 1.807) is 18.4 Å². The summed E-state index contributed by atoms with van der Waals surface area (Å²) in [6, 6.07) is 4.16. The molecule has 68 valence electrons. The third-order valence-electron chi connectivity index (χ3n) is 1.81. The van der Waals surface area contributed by atoms with Crippen LogP contribution in [0.4, 0.5) is 0 Å². The second-order valence-electron chi connectivity index (χ2n) is 2.54. The van der Waals surface area contributed by atoms with Gasteiger partial charge < -0.3 is 4.74 Å². The van der Waals surface area contributed by atoms with Crippen LogP contribution in [0.1, 0.15) is 0 Å². The largest absolute Gasteiger partial charge is 0.495 e. The first-order valence-electron chi connectivity index (χ1n) is 3.63. The standard InChI is InChI=1S/C9H6BrIOS/c1-12-7-4-13-9-6(11)3-2-5(10)8(7)9/h2-4H,1H3. The van der Waals surface area contributed by atoms with Gasteiger partial charge in [-0.2, -0.15) is 0 Å². The van der Waals surface area contributed by atoms with Crippen LogP contribution in [-0.4, -0.2) is 7.11 Å². The lowest BCUT2D eigenvalue weighted by molar-refractivity contribution is 0.421. The molecule has 0 aliphatic heterocycles. The van der Waals surface area contributed by atoms with Gasteiger partial charge in [0.05, 0.1) is 11.8 Å². The summed E-state index contributed by atoms with van der Waals surface area (Å²) < 4.78 is 8.93. The quantitative estimate of drug-likeness (QED) is 0.683. The van der Waals surface area contributed by atoms with Crippen LogP contribution in [0.3, 0.4) is 0 Å². The number of ether oxygens (including phenoxy) is 1. The van der Waals surface area contributed by atoms with E-state index < -0.39 is 0 Å². The molecule has 2 rings (SSSR count). The van der Waals surface area contributed by atoms with E-state index in [1.165, 1.54) is 13.7 Å². The zero-order chi connectivity index (χ0) is 9.42. The van der Waals surface area contributed by atoms with E-state index in [9.17, 15) is 0 Å². The van der Waals surface area contributed by atoms with Crippen LogP contribution in [0.15, 0.2) is 22.0 Å². The molecule has 0 aliphatic carbocycles. The highest BCUT2D eigenvalue weighted by Crippen LogP contribution is 2.39. The van der Waals surface area contributed by atoms with Gasteiger partial charge in [0.1, 0.15) is 5.75 Å². The van der Waals surface area contributed by atoms with Crippen molar-refractivity contribution in [2.75, 3.05) is 7.11 Å². The minimum Gasteiger partial charge on any atom is -0.495 e. The fourth-order valence-electron chi connectivity index (χ4n) is 1.20. The number of thiophene rings is 1. The van der Waals surface area contributed by atoms with Gasteiger partial charge in [-0.1, -0.05) is 0 Å². The van der Waals surface area contributed by atoms with Crippen molar-refractivity contribution >= 4 is 59.9 Å². The fraction of sp³-hybridized carbons (Fsp3) is 0.111. The van der Waals surface area contributed by atoms with Gasteiger partial charge in [-0.3, -0.25) is 0 Å². The molecule has 0 amide bonds. The highest BCUT2D eigenvalue weighted by atomic mass is 127. The van der Waals surface area contributed by atoms with Crippen LogP contribution < -0.4 is 4.74 Å². The molecule has 1 aromatic heterocycles. The van der Waals surface area contributed by atoms with Gasteiger partial charge in [0, 0.05) is 18.8 Å². The Morgan fingerprint density at radius 2 is 2.23 bits per heavy atom. The molecule has 2 aromatic rings. The number of halogens is 2. The average molecular weight is 369 g/mol. The van der Waals surface area contributed by atoms with Crippen molar-refractivity contribution in [3.05, 3.63) is 25.6 Å². The summed E-state index contributed by atoms with van der Waals surface area (Å²) in [5.74, 6) is 0.949. The van der Waals surface area contributed by atoms with Crippen LogP contribution in [0.5, 0.6) is 5.75 Å². The van der Waals surface area contributed by atoms with Crippen LogP contribution in [0, 0.1) is 3.57 Å². The minimum atomic E-state index is 0.949. The molecule has 0 spiro atoms. The molecule has 0 N–H and O–H groups in total. The van der Waals surface area contributed by atoms with Crippen LogP contribution in [0.25, 0.3) is 10.1 Å². The van der Waals surface area contributed by atoms with Crippen LogP contribution in [0.2, 0.25) is 0 Å². The van der Waals surface area contributed by atoms with Crippen molar-refractivity contribution in [3.63, 3.8) is 0 Å². The maximum absolute atomic E-state index is 5.28. The number of methoxy groups -OCH3 is 1. The van der Waals surface area contributed by atoms with E-state index in [4.69, 9.17) is 4.74 Å². The Hall–Kier alpha value is 0.190. The van der Waals surface area contributed by atoms with Crippen LogP contribution >= 0.6 is 49.9 Å². The molecule has 1 aromatic carbocycles. The van der Waals surface area contributed by atoms with E-state index in [0.29, 0.717) is 0 Å². The first-order chi connectivity index (χ1) is 6.24. The van der Waals surface area contributed by atoms with E-state index >= 15 is 0 Å². The van der Waals surface area contributed by atoms with Crippen LogP contribution in [-0.2, 0) is 0 Å². The summed E-state index contributed by atoms with van der Waals surface area (Å²) in [5.41, 5.74) is 0. The molecule has 4 heteroatoms. The van der Waals surface area contributed by atoms with Gasteiger partial charge in [0.15, 0.2) is 0 Å². The molecule has 0 unspecified atom stereocenters. The van der Waals surface area contributed by atoms with Gasteiger partial charge >= 0.3 is 0 Å². The highest BCUT2D eigenvalue weighted by Gasteiger charge is 2.09. The maximum Gasteiger partial charge on any atom is 0.138 e. The smallest absolute Gasteiger partial charge is 0.138 e. The molecule has 0 saturated carbocycles. The molecule has 0 atom stereocenters. The zero-order valence-electron chi connectivity index (χ0n) is 6.80. The molecule has 0 aliphatic rings. The third kappa shape index (κ3) is 1.59.